The summed E-state index contributed by atoms with van der Waals surface area (Å²) in [6.45, 7) is 0.583. The molecule has 3 nitrogen and oxygen atoms in total. The minimum atomic E-state index is 0.0102. The van der Waals surface area contributed by atoms with Crippen LogP contribution in [0.4, 0.5) is 0 Å². The third-order valence-corrected chi connectivity index (χ3v) is 5.05. The molecule has 0 bridgehead atoms. The Morgan fingerprint density at radius 1 is 1.25 bits per heavy atom. The zero-order valence-electron chi connectivity index (χ0n) is 12.0. The fourth-order valence-corrected chi connectivity index (χ4v) is 3.37. The third-order valence-electron chi connectivity index (χ3n) is 4.27. The van der Waals surface area contributed by atoms with Gasteiger partial charge >= 0.3 is 0 Å². The molecule has 1 aromatic carbocycles. The number of carbonyl (C=O) groups is 1. The van der Waals surface area contributed by atoms with Gasteiger partial charge in [-0.05, 0) is 31.5 Å². The van der Waals surface area contributed by atoms with E-state index in [0.29, 0.717) is 13.0 Å². The zero-order valence-corrected chi connectivity index (χ0v) is 13.6. The molecular weight excluding hydrogens is 316 g/mol. The van der Waals surface area contributed by atoms with Gasteiger partial charge in [0.15, 0.2) is 0 Å². The summed E-state index contributed by atoms with van der Waals surface area (Å²) in [5.74, 6) is 0.136. The Balaban J connectivity index is 1.87. The van der Waals surface area contributed by atoms with E-state index in [1.807, 2.05) is 31.3 Å². The first kappa shape index (κ1) is 15.5. The second kappa shape index (κ2) is 7.23. The molecule has 1 amide bonds. The van der Waals surface area contributed by atoms with Gasteiger partial charge in [0.25, 0.3) is 0 Å². The number of benzene rings is 1. The number of halogens is 1. The molecule has 4 heteroatoms. The molecule has 0 atom stereocenters. The second-order valence-electron chi connectivity index (χ2n) is 5.64. The summed E-state index contributed by atoms with van der Waals surface area (Å²) in [5, 5.41) is 6.43. The van der Waals surface area contributed by atoms with Gasteiger partial charge in [-0.3, -0.25) is 4.79 Å². The minimum Gasteiger partial charge on any atom is -0.352 e. The normalized spacial score (nSPS) is 17.7. The van der Waals surface area contributed by atoms with Crippen LogP contribution in [-0.4, -0.2) is 18.5 Å². The number of hydrogen-bond donors (Lipinski definition) is 2. The Hall–Kier alpha value is -0.870. The van der Waals surface area contributed by atoms with Crippen LogP contribution < -0.4 is 10.6 Å². The van der Waals surface area contributed by atoms with Crippen LogP contribution >= 0.6 is 15.9 Å². The van der Waals surface area contributed by atoms with Gasteiger partial charge in [0.1, 0.15) is 0 Å². The Morgan fingerprint density at radius 2 is 1.95 bits per heavy atom. The van der Waals surface area contributed by atoms with E-state index in [0.717, 1.165) is 22.9 Å². The largest absolute Gasteiger partial charge is 0.352 e. The van der Waals surface area contributed by atoms with E-state index >= 15 is 0 Å². The van der Waals surface area contributed by atoms with E-state index in [-0.39, 0.29) is 11.4 Å². The number of nitrogens with one attached hydrogen (secondary N) is 2. The summed E-state index contributed by atoms with van der Waals surface area (Å²) in [6.07, 6.45) is 6.52. The van der Waals surface area contributed by atoms with Crippen molar-refractivity contribution in [2.24, 2.45) is 0 Å². The highest BCUT2D eigenvalue weighted by Crippen LogP contribution is 2.30. The van der Waals surface area contributed by atoms with Crippen LogP contribution in [0.15, 0.2) is 28.7 Å². The first-order valence-corrected chi connectivity index (χ1v) is 8.13. The van der Waals surface area contributed by atoms with Crippen LogP contribution in [-0.2, 0) is 11.3 Å². The maximum atomic E-state index is 12.2. The number of rotatable bonds is 5. The monoisotopic (exact) mass is 338 g/mol. The minimum absolute atomic E-state index is 0.0102. The standard InChI is InChI=1S/C16H23BrN2O/c1-18-16(9-5-2-6-10-16)11-15(20)19-12-13-7-3-4-8-14(13)17/h3-4,7-8,18H,2,5-6,9-12H2,1H3,(H,19,20). The Bertz CT molecular complexity index is 456. The van der Waals surface area contributed by atoms with Crippen molar-refractivity contribution >= 4 is 21.8 Å². The number of amides is 1. The lowest BCUT2D eigenvalue weighted by Crippen LogP contribution is -2.48. The molecule has 0 aromatic heterocycles. The highest BCUT2D eigenvalue weighted by atomic mass is 79.9. The molecule has 20 heavy (non-hydrogen) atoms. The van der Waals surface area contributed by atoms with Gasteiger partial charge in [-0.15, -0.1) is 0 Å². The van der Waals surface area contributed by atoms with Gasteiger partial charge in [0.05, 0.1) is 0 Å². The van der Waals surface area contributed by atoms with Crippen LogP contribution in [0.1, 0.15) is 44.1 Å². The SMILES string of the molecule is CNC1(CC(=O)NCc2ccccc2Br)CCCCC1. The van der Waals surface area contributed by atoms with Crippen molar-refractivity contribution in [3.63, 3.8) is 0 Å². The summed E-state index contributed by atoms with van der Waals surface area (Å²) >= 11 is 3.51. The van der Waals surface area contributed by atoms with Gasteiger partial charge in [0.2, 0.25) is 5.91 Å². The lowest BCUT2D eigenvalue weighted by atomic mass is 9.79. The summed E-state index contributed by atoms with van der Waals surface area (Å²) in [7, 11) is 1.98. The predicted molar refractivity (Wildman–Crippen MR) is 85.5 cm³/mol. The van der Waals surface area contributed by atoms with Crippen molar-refractivity contribution < 1.29 is 4.79 Å². The molecule has 0 spiro atoms. The van der Waals surface area contributed by atoms with Crippen molar-refractivity contribution in [3.8, 4) is 0 Å². The average molecular weight is 339 g/mol. The maximum Gasteiger partial charge on any atom is 0.222 e. The predicted octanol–water partition coefficient (Wildman–Crippen LogP) is 3.38. The summed E-state index contributed by atoms with van der Waals surface area (Å²) in [5.41, 5.74) is 1.12. The van der Waals surface area contributed by atoms with E-state index in [2.05, 4.69) is 26.6 Å². The lowest BCUT2D eigenvalue weighted by molar-refractivity contribution is -0.123. The molecule has 2 N–H and O–H groups in total. The fraction of sp³-hybridized carbons (Fsp3) is 0.562. The smallest absolute Gasteiger partial charge is 0.222 e. The van der Waals surface area contributed by atoms with Crippen molar-refractivity contribution in [1.29, 1.82) is 0 Å². The quantitative estimate of drug-likeness (QED) is 0.864. The zero-order chi connectivity index (χ0) is 14.4. The van der Waals surface area contributed by atoms with Gasteiger partial charge in [-0.1, -0.05) is 53.4 Å². The molecule has 0 unspecified atom stereocenters. The van der Waals surface area contributed by atoms with E-state index in [1.165, 1.54) is 19.3 Å². The van der Waals surface area contributed by atoms with Crippen LogP contribution in [0, 0.1) is 0 Å². The first-order valence-electron chi connectivity index (χ1n) is 7.34. The van der Waals surface area contributed by atoms with Gasteiger partial charge < -0.3 is 10.6 Å². The summed E-state index contributed by atoms with van der Waals surface area (Å²) in [4.78, 5) is 12.2. The molecule has 1 fully saturated rings. The molecular formula is C16H23BrN2O. The van der Waals surface area contributed by atoms with E-state index < -0.39 is 0 Å². The van der Waals surface area contributed by atoms with Gasteiger partial charge in [0, 0.05) is 23.0 Å². The lowest BCUT2D eigenvalue weighted by Gasteiger charge is -2.36. The molecule has 1 saturated carbocycles. The maximum absolute atomic E-state index is 12.2. The van der Waals surface area contributed by atoms with Crippen molar-refractivity contribution in [2.45, 2.75) is 50.6 Å². The Morgan fingerprint density at radius 3 is 2.60 bits per heavy atom. The van der Waals surface area contributed by atoms with Crippen LogP contribution in [0.25, 0.3) is 0 Å². The molecule has 0 radical (unpaired) electrons. The molecule has 0 saturated heterocycles. The first-order chi connectivity index (χ1) is 9.65. The van der Waals surface area contributed by atoms with Gasteiger partial charge in [-0.2, -0.15) is 0 Å². The number of hydrogen-bond acceptors (Lipinski definition) is 2. The highest BCUT2D eigenvalue weighted by molar-refractivity contribution is 9.10. The van der Waals surface area contributed by atoms with Crippen LogP contribution in [0.2, 0.25) is 0 Å². The Labute approximate surface area is 129 Å². The molecule has 0 heterocycles. The van der Waals surface area contributed by atoms with E-state index in [1.54, 1.807) is 0 Å². The Kier molecular flexibility index (Phi) is 5.61. The topological polar surface area (TPSA) is 41.1 Å². The van der Waals surface area contributed by atoms with Crippen LogP contribution in [0.3, 0.4) is 0 Å². The van der Waals surface area contributed by atoms with Crippen LogP contribution in [0.5, 0.6) is 0 Å². The van der Waals surface area contributed by atoms with Crippen molar-refractivity contribution in [1.82, 2.24) is 10.6 Å². The summed E-state index contributed by atoms with van der Waals surface area (Å²) in [6, 6.07) is 7.99. The number of carbonyl (C=O) groups excluding carboxylic acids is 1. The van der Waals surface area contributed by atoms with Crippen molar-refractivity contribution in [2.75, 3.05) is 7.05 Å². The van der Waals surface area contributed by atoms with Gasteiger partial charge in [-0.25, -0.2) is 0 Å². The molecule has 110 valence electrons. The molecule has 1 aliphatic carbocycles. The molecule has 0 aliphatic heterocycles. The summed E-state index contributed by atoms with van der Waals surface area (Å²) < 4.78 is 1.04. The third kappa shape index (κ3) is 4.06. The highest BCUT2D eigenvalue weighted by Gasteiger charge is 2.32. The molecule has 1 aromatic rings. The van der Waals surface area contributed by atoms with Crippen molar-refractivity contribution in [3.05, 3.63) is 34.3 Å². The second-order valence-corrected chi connectivity index (χ2v) is 6.49. The molecule has 2 rings (SSSR count). The molecule has 1 aliphatic rings. The van der Waals surface area contributed by atoms with E-state index in [9.17, 15) is 4.79 Å². The fourth-order valence-electron chi connectivity index (χ4n) is 2.95. The van der Waals surface area contributed by atoms with E-state index in [4.69, 9.17) is 0 Å². The average Bonchev–Trinajstić information content (AvgIpc) is 2.47.